The van der Waals surface area contributed by atoms with Gasteiger partial charge in [0.05, 0.1) is 5.02 Å². The number of rotatable bonds is 5. The zero-order valence-corrected chi connectivity index (χ0v) is 10.0. The molecule has 0 saturated heterocycles. The van der Waals surface area contributed by atoms with Gasteiger partial charge in [0.15, 0.2) is 0 Å². The molecule has 2 aromatic rings. The van der Waals surface area contributed by atoms with Gasteiger partial charge in [-0.3, -0.25) is 0 Å². The minimum Gasteiger partial charge on any atom is -0.506 e. The number of benzene rings is 1. The number of aromatic nitrogens is 2. The first kappa shape index (κ1) is 12.0. The van der Waals surface area contributed by atoms with Crippen LogP contribution in [0.25, 0.3) is 0 Å². The lowest BCUT2D eigenvalue weighted by Gasteiger charge is -2.05. The highest BCUT2D eigenvalue weighted by Crippen LogP contribution is 2.23. The molecule has 0 radical (unpaired) electrons. The van der Waals surface area contributed by atoms with E-state index in [1.165, 1.54) is 0 Å². The fraction of sp³-hybridized carbons (Fsp3) is 0.250. The van der Waals surface area contributed by atoms with E-state index in [1.54, 1.807) is 18.3 Å². The molecule has 0 saturated carbocycles. The molecule has 90 valence electrons. The standard InChI is InChI=1S/C12H14ClN3O/c13-10-7-9(1-2-11(10)17)8-14-4-3-12-15-5-6-16-12/h1-2,5-7,14,17H,3-4,8H2,(H,15,16). The van der Waals surface area contributed by atoms with Crippen molar-refractivity contribution in [2.75, 3.05) is 6.54 Å². The number of nitrogens with one attached hydrogen (secondary N) is 2. The fourth-order valence-electron chi connectivity index (χ4n) is 1.53. The van der Waals surface area contributed by atoms with Crippen LogP contribution in [0, 0.1) is 0 Å². The Labute approximate surface area is 105 Å². The summed E-state index contributed by atoms with van der Waals surface area (Å²) in [4.78, 5) is 7.18. The second-order valence-electron chi connectivity index (χ2n) is 3.75. The molecule has 0 aliphatic rings. The number of aromatic hydroxyl groups is 1. The van der Waals surface area contributed by atoms with Gasteiger partial charge < -0.3 is 15.4 Å². The van der Waals surface area contributed by atoms with E-state index in [4.69, 9.17) is 11.6 Å². The second-order valence-corrected chi connectivity index (χ2v) is 4.16. The van der Waals surface area contributed by atoms with Crippen molar-refractivity contribution in [2.24, 2.45) is 0 Å². The topological polar surface area (TPSA) is 60.9 Å². The molecule has 5 heteroatoms. The van der Waals surface area contributed by atoms with Crippen molar-refractivity contribution in [3.05, 3.63) is 47.0 Å². The number of hydrogen-bond donors (Lipinski definition) is 3. The Balaban J connectivity index is 1.76. The van der Waals surface area contributed by atoms with E-state index in [-0.39, 0.29) is 5.75 Å². The number of aromatic amines is 1. The van der Waals surface area contributed by atoms with Gasteiger partial charge in [0, 0.05) is 31.9 Å². The van der Waals surface area contributed by atoms with Crippen LogP contribution in [-0.4, -0.2) is 21.6 Å². The summed E-state index contributed by atoms with van der Waals surface area (Å²) in [6, 6.07) is 5.21. The molecule has 1 aromatic heterocycles. The summed E-state index contributed by atoms with van der Waals surface area (Å²) in [6.07, 6.45) is 4.42. The van der Waals surface area contributed by atoms with E-state index < -0.39 is 0 Å². The Kier molecular flexibility index (Phi) is 4.01. The Hall–Kier alpha value is -1.52. The highest BCUT2D eigenvalue weighted by molar-refractivity contribution is 6.32. The van der Waals surface area contributed by atoms with Crippen molar-refractivity contribution in [3.63, 3.8) is 0 Å². The van der Waals surface area contributed by atoms with E-state index in [2.05, 4.69) is 15.3 Å². The van der Waals surface area contributed by atoms with Crippen molar-refractivity contribution < 1.29 is 5.11 Å². The van der Waals surface area contributed by atoms with Crippen LogP contribution in [-0.2, 0) is 13.0 Å². The lowest BCUT2D eigenvalue weighted by atomic mass is 10.2. The van der Waals surface area contributed by atoms with E-state index >= 15 is 0 Å². The number of imidazole rings is 1. The molecule has 0 fully saturated rings. The van der Waals surface area contributed by atoms with Gasteiger partial charge in [0.25, 0.3) is 0 Å². The first-order chi connectivity index (χ1) is 8.25. The Morgan fingerprint density at radius 3 is 3.00 bits per heavy atom. The van der Waals surface area contributed by atoms with Crippen LogP contribution in [0.3, 0.4) is 0 Å². The Morgan fingerprint density at radius 2 is 2.29 bits per heavy atom. The van der Waals surface area contributed by atoms with Crippen LogP contribution in [0.1, 0.15) is 11.4 Å². The number of halogens is 1. The predicted molar refractivity (Wildman–Crippen MR) is 67.1 cm³/mol. The molecule has 0 aliphatic heterocycles. The van der Waals surface area contributed by atoms with Gasteiger partial charge >= 0.3 is 0 Å². The maximum absolute atomic E-state index is 9.28. The SMILES string of the molecule is Oc1ccc(CNCCc2ncc[nH]2)cc1Cl. The van der Waals surface area contributed by atoms with Gasteiger partial charge in [0.1, 0.15) is 11.6 Å². The normalized spacial score (nSPS) is 10.6. The average molecular weight is 252 g/mol. The molecule has 1 heterocycles. The maximum Gasteiger partial charge on any atom is 0.134 e. The van der Waals surface area contributed by atoms with Gasteiger partial charge in [0.2, 0.25) is 0 Å². The second kappa shape index (κ2) is 5.70. The third-order valence-corrected chi connectivity index (χ3v) is 2.74. The molecule has 0 amide bonds. The summed E-state index contributed by atoms with van der Waals surface area (Å²) in [5, 5.41) is 12.9. The smallest absolute Gasteiger partial charge is 0.134 e. The zero-order valence-electron chi connectivity index (χ0n) is 9.28. The van der Waals surface area contributed by atoms with Crippen LogP contribution in [0.2, 0.25) is 5.02 Å². The van der Waals surface area contributed by atoms with Crippen molar-refractivity contribution in [3.8, 4) is 5.75 Å². The van der Waals surface area contributed by atoms with Crippen molar-refractivity contribution >= 4 is 11.6 Å². The molecule has 1 aromatic carbocycles. The van der Waals surface area contributed by atoms with Crippen LogP contribution in [0.5, 0.6) is 5.75 Å². The Morgan fingerprint density at radius 1 is 1.41 bits per heavy atom. The molecule has 4 nitrogen and oxygen atoms in total. The molecule has 17 heavy (non-hydrogen) atoms. The molecule has 0 unspecified atom stereocenters. The van der Waals surface area contributed by atoms with Crippen molar-refractivity contribution in [1.82, 2.24) is 15.3 Å². The van der Waals surface area contributed by atoms with Crippen molar-refractivity contribution in [2.45, 2.75) is 13.0 Å². The maximum atomic E-state index is 9.28. The molecular formula is C12H14ClN3O. The number of hydrogen-bond acceptors (Lipinski definition) is 3. The summed E-state index contributed by atoms with van der Waals surface area (Å²) in [6.45, 7) is 1.56. The lowest BCUT2D eigenvalue weighted by Crippen LogP contribution is -2.17. The summed E-state index contributed by atoms with van der Waals surface area (Å²) < 4.78 is 0. The zero-order chi connectivity index (χ0) is 12.1. The number of nitrogens with zero attached hydrogens (tertiary/aromatic N) is 1. The minimum atomic E-state index is 0.117. The summed E-state index contributed by atoms with van der Waals surface area (Å²) in [5.74, 6) is 1.09. The van der Waals surface area contributed by atoms with Crippen LogP contribution < -0.4 is 5.32 Å². The van der Waals surface area contributed by atoms with Crippen LogP contribution >= 0.6 is 11.6 Å². The van der Waals surface area contributed by atoms with Gasteiger partial charge in [-0.1, -0.05) is 17.7 Å². The Bertz CT molecular complexity index is 471. The highest BCUT2D eigenvalue weighted by atomic mass is 35.5. The van der Waals surface area contributed by atoms with Gasteiger partial charge in [-0.15, -0.1) is 0 Å². The molecule has 0 aliphatic carbocycles. The highest BCUT2D eigenvalue weighted by Gasteiger charge is 2.00. The third kappa shape index (κ3) is 3.47. The first-order valence-corrected chi connectivity index (χ1v) is 5.80. The third-order valence-electron chi connectivity index (χ3n) is 2.43. The van der Waals surface area contributed by atoms with E-state index in [9.17, 15) is 5.11 Å². The molecule has 0 atom stereocenters. The minimum absolute atomic E-state index is 0.117. The lowest BCUT2D eigenvalue weighted by molar-refractivity contribution is 0.475. The van der Waals surface area contributed by atoms with Gasteiger partial charge in [-0.2, -0.15) is 0 Å². The number of H-pyrrole nitrogens is 1. The number of phenols is 1. The summed E-state index contributed by atoms with van der Waals surface area (Å²) >= 11 is 5.82. The van der Waals surface area contributed by atoms with Crippen molar-refractivity contribution in [1.29, 1.82) is 0 Å². The van der Waals surface area contributed by atoms with E-state index in [0.29, 0.717) is 5.02 Å². The average Bonchev–Trinajstić information content (AvgIpc) is 2.82. The molecule has 0 spiro atoms. The largest absolute Gasteiger partial charge is 0.506 e. The molecule has 2 rings (SSSR count). The number of phenolic OH excluding ortho intramolecular Hbond substituents is 1. The van der Waals surface area contributed by atoms with E-state index in [0.717, 1.165) is 30.9 Å². The van der Waals surface area contributed by atoms with E-state index in [1.807, 2.05) is 12.3 Å². The van der Waals surface area contributed by atoms with Crippen LogP contribution in [0.4, 0.5) is 0 Å². The fourth-order valence-corrected chi connectivity index (χ4v) is 1.74. The monoisotopic (exact) mass is 251 g/mol. The van der Waals surface area contributed by atoms with Gasteiger partial charge in [-0.25, -0.2) is 4.98 Å². The molecule has 0 bridgehead atoms. The molecular weight excluding hydrogens is 238 g/mol. The van der Waals surface area contributed by atoms with Gasteiger partial charge in [-0.05, 0) is 17.7 Å². The van der Waals surface area contributed by atoms with Crippen LogP contribution in [0.15, 0.2) is 30.6 Å². The summed E-state index contributed by atoms with van der Waals surface area (Å²) in [7, 11) is 0. The first-order valence-electron chi connectivity index (χ1n) is 5.42. The predicted octanol–water partition coefficient (Wildman–Crippen LogP) is 2.10. The molecule has 3 N–H and O–H groups in total. The quantitative estimate of drug-likeness (QED) is 0.714. The summed E-state index contributed by atoms with van der Waals surface area (Å²) in [5.41, 5.74) is 1.05.